The second kappa shape index (κ2) is 6.63. The van der Waals surface area contributed by atoms with Crippen molar-refractivity contribution >= 4 is 16.9 Å². The van der Waals surface area contributed by atoms with Crippen molar-refractivity contribution in [3.63, 3.8) is 0 Å². The Morgan fingerprint density at radius 3 is 2.84 bits per heavy atom. The Balaban J connectivity index is 1.50. The molecule has 0 aliphatic heterocycles. The van der Waals surface area contributed by atoms with Crippen LogP contribution < -0.4 is 4.74 Å². The number of methoxy groups -OCH3 is 1. The van der Waals surface area contributed by atoms with Gasteiger partial charge in [-0.05, 0) is 48.6 Å². The van der Waals surface area contributed by atoms with Crippen molar-refractivity contribution < 1.29 is 14.3 Å². The first-order valence-corrected chi connectivity index (χ1v) is 8.62. The lowest BCUT2D eigenvalue weighted by molar-refractivity contribution is -0.150. The number of carbonyl (C=O) groups excluding carboxylic acids is 1. The normalized spacial score (nSPS) is 16.4. The summed E-state index contributed by atoms with van der Waals surface area (Å²) < 4.78 is 10.9. The molecule has 1 aliphatic rings. The van der Waals surface area contributed by atoms with Gasteiger partial charge in [0.2, 0.25) is 0 Å². The molecule has 0 saturated heterocycles. The molecular weight excluding hydrogens is 314 g/mol. The fourth-order valence-electron chi connectivity index (χ4n) is 3.57. The van der Waals surface area contributed by atoms with Gasteiger partial charge in [-0.15, -0.1) is 0 Å². The Labute approximate surface area is 146 Å². The highest BCUT2D eigenvalue weighted by atomic mass is 16.5. The van der Waals surface area contributed by atoms with E-state index in [-0.39, 0.29) is 11.9 Å². The molecule has 0 spiro atoms. The zero-order valence-corrected chi connectivity index (χ0v) is 14.2. The quantitative estimate of drug-likeness (QED) is 0.733. The Kier molecular flexibility index (Phi) is 4.18. The number of aromatic amines is 1. The molecule has 1 aliphatic carbocycles. The summed E-state index contributed by atoms with van der Waals surface area (Å²) in [4.78, 5) is 16.0. The van der Waals surface area contributed by atoms with Crippen LogP contribution in [0.4, 0.5) is 0 Å². The fourth-order valence-corrected chi connectivity index (χ4v) is 3.57. The summed E-state index contributed by atoms with van der Waals surface area (Å²) in [7, 11) is 1.67. The van der Waals surface area contributed by atoms with E-state index in [1.807, 2.05) is 48.5 Å². The van der Waals surface area contributed by atoms with E-state index >= 15 is 0 Å². The Bertz CT molecular complexity index is 898. The average Bonchev–Trinajstić information content (AvgIpc) is 3.03. The first kappa shape index (κ1) is 15.8. The number of hydrogen-bond acceptors (Lipinski definition) is 3. The molecule has 128 valence electrons. The van der Waals surface area contributed by atoms with Gasteiger partial charge in [0.15, 0.2) is 0 Å². The minimum absolute atomic E-state index is 0.0820. The summed E-state index contributed by atoms with van der Waals surface area (Å²) in [6.07, 6.45) is 2.41. The van der Waals surface area contributed by atoms with Crippen LogP contribution in [0.3, 0.4) is 0 Å². The highest BCUT2D eigenvalue weighted by Crippen LogP contribution is 2.34. The number of carbonyl (C=O) groups is 1. The van der Waals surface area contributed by atoms with Crippen LogP contribution in [0.2, 0.25) is 0 Å². The molecular formula is C21H21NO3. The van der Waals surface area contributed by atoms with E-state index in [0.717, 1.165) is 41.5 Å². The Morgan fingerprint density at radius 2 is 2.04 bits per heavy atom. The van der Waals surface area contributed by atoms with Crippen molar-refractivity contribution in [3.8, 4) is 5.75 Å². The van der Waals surface area contributed by atoms with Gasteiger partial charge in [0, 0.05) is 16.6 Å². The van der Waals surface area contributed by atoms with Crippen LogP contribution in [0.1, 0.15) is 23.2 Å². The number of aromatic nitrogens is 1. The van der Waals surface area contributed by atoms with Gasteiger partial charge in [-0.1, -0.05) is 30.3 Å². The largest absolute Gasteiger partial charge is 0.497 e. The van der Waals surface area contributed by atoms with Gasteiger partial charge in [0.1, 0.15) is 12.4 Å². The van der Waals surface area contributed by atoms with E-state index in [2.05, 4.69) is 4.98 Å². The van der Waals surface area contributed by atoms with Crippen molar-refractivity contribution in [2.24, 2.45) is 5.92 Å². The number of H-pyrrole nitrogens is 1. The monoisotopic (exact) mass is 335 g/mol. The molecule has 25 heavy (non-hydrogen) atoms. The van der Waals surface area contributed by atoms with E-state index in [9.17, 15) is 4.79 Å². The number of aryl methyl sites for hydroxylation is 1. The van der Waals surface area contributed by atoms with Crippen LogP contribution in [0.5, 0.6) is 5.75 Å². The number of benzene rings is 2. The molecule has 1 heterocycles. The molecule has 0 fully saturated rings. The molecule has 1 aromatic heterocycles. The smallest absolute Gasteiger partial charge is 0.309 e. The van der Waals surface area contributed by atoms with Crippen LogP contribution >= 0.6 is 0 Å². The number of esters is 1. The summed E-state index contributed by atoms with van der Waals surface area (Å²) in [6, 6.07) is 15.8. The summed E-state index contributed by atoms with van der Waals surface area (Å²) in [6.45, 7) is 0.338. The van der Waals surface area contributed by atoms with Crippen molar-refractivity contribution in [3.05, 3.63) is 65.4 Å². The van der Waals surface area contributed by atoms with Gasteiger partial charge in [-0.25, -0.2) is 0 Å². The van der Waals surface area contributed by atoms with E-state index in [0.29, 0.717) is 6.61 Å². The SMILES string of the molecule is COc1ccc2[nH]c3c(c2c1)CC(C(=O)OCc1ccccc1)CC3. The first-order chi connectivity index (χ1) is 12.2. The minimum atomic E-state index is -0.105. The van der Waals surface area contributed by atoms with Gasteiger partial charge in [0.05, 0.1) is 13.0 Å². The summed E-state index contributed by atoms with van der Waals surface area (Å²) >= 11 is 0. The molecule has 1 unspecified atom stereocenters. The summed E-state index contributed by atoms with van der Waals surface area (Å²) in [5.41, 5.74) is 4.57. The number of rotatable bonds is 4. The zero-order chi connectivity index (χ0) is 17.2. The van der Waals surface area contributed by atoms with Crippen molar-refractivity contribution in [2.45, 2.75) is 25.9 Å². The molecule has 4 rings (SSSR count). The van der Waals surface area contributed by atoms with Crippen molar-refractivity contribution in [2.75, 3.05) is 7.11 Å². The van der Waals surface area contributed by atoms with Crippen LogP contribution in [0.25, 0.3) is 10.9 Å². The van der Waals surface area contributed by atoms with Gasteiger partial charge in [0.25, 0.3) is 0 Å². The maximum Gasteiger partial charge on any atom is 0.309 e. The standard InChI is InChI=1S/C21H21NO3/c1-24-16-8-10-20-18(12-16)17-11-15(7-9-19(17)22-20)21(23)25-13-14-5-3-2-4-6-14/h2-6,8,10,12,15,22H,7,9,11,13H2,1H3. The second-order valence-corrected chi connectivity index (χ2v) is 6.53. The van der Waals surface area contributed by atoms with E-state index < -0.39 is 0 Å². The first-order valence-electron chi connectivity index (χ1n) is 8.62. The third kappa shape index (κ3) is 3.12. The van der Waals surface area contributed by atoms with Crippen LogP contribution in [-0.4, -0.2) is 18.1 Å². The molecule has 0 bridgehead atoms. The van der Waals surface area contributed by atoms with Gasteiger partial charge in [-0.3, -0.25) is 4.79 Å². The predicted molar refractivity (Wildman–Crippen MR) is 96.6 cm³/mol. The summed E-state index contributed by atoms with van der Waals surface area (Å²) in [5.74, 6) is 0.649. The zero-order valence-electron chi connectivity index (χ0n) is 14.2. The molecule has 2 aromatic carbocycles. The Morgan fingerprint density at radius 1 is 1.20 bits per heavy atom. The van der Waals surface area contributed by atoms with Crippen molar-refractivity contribution in [1.82, 2.24) is 4.98 Å². The van der Waals surface area contributed by atoms with Crippen LogP contribution in [0, 0.1) is 5.92 Å². The van der Waals surface area contributed by atoms with E-state index in [4.69, 9.17) is 9.47 Å². The predicted octanol–water partition coefficient (Wildman–Crippen LogP) is 4.02. The minimum Gasteiger partial charge on any atom is -0.497 e. The third-order valence-electron chi connectivity index (χ3n) is 4.95. The second-order valence-electron chi connectivity index (χ2n) is 6.53. The maximum atomic E-state index is 12.5. The van der Waals surface area contributed by atoms with Gasteiger partial charge in [-0.2, -0.15) is 0 Å². The molecule has 3 aromatic rings. The number of nitrogens with one attached hydrogen (secondary N) is 1. The molecule has 4 heteroatoms. The lowest BCUT2D eigenvalue weighted by Gasteiger charge is -2.21. The van der Waals surface area contributed by atoms with Crippen molar-refractivity contribution in [1.29, 1.82) is 0 Å². The molecule has 0 amide bonds. The topological polar surface area (TPSA) is 51.3 Å². The third-order valence-corrected chi connectivity index (χ3v) is 4.95. The Hall–Kier alpha value is -2.75. The fraction of sp³-hybridized carbons (Fsp3) is 0.286. The number of fused-ring (bicyclic) bond motifs is 3. The lowest BCUT2D eigenvalue weighted by atomic mass is 9.86. The average molecular weight is 335 g/mol. The number of ether oxygens (including phenoxy) is 2. The van der Waals surface area contributed by atoms with Crippen LogP contribution in [0.15, 0.2) is 48.5 Å². The number of hydrogen-bond donors (Lipinski definition) is 1. The maximum absolute atomic E-state index is 12.5. The van der Waals surface area contributed by atoms with E-state index in [1.54, 1.807) is 7.11 Å². The molecule has 1 N–H and O–H groups in total. The molecule has 4 nitrogen and oxygen atoms in total. The molecule has 1 atom stereocenters. The summed E-state index contributed by atoms with van der Waals surface area (Å²) in [5, 5.41) is 1.15. The van der Waals surface area contributed by atoms with E-state index in [1.165, 1.54) is 11.3 Å². The lowest BCUT2D eigenvalue weighted by Crippen LogP contribution is -2.24. The highest BCUT2D eigenvalue weighted by molar-refractivity contribution is 5.87. The van der Waals surface area contributed by atoms with Crippen LogP contribution in [-0.2, 0) is 29.0 Å². The van der Waals surface area contributed by atoms with Gasteiger partial charge >= 0.3 is 5.97 Å². The molecule has 0 radical (unpaired) electrons. The highest BCUT2D eigenvalue weighted by Gasteiger charge is 2.28. The molecule has 0 saturated carbocycles. The van der Waals surface area contributed by atoms with Gasteiger partial charge < -0.3 is 14.5 Å².